The first-order chi connectivity index (χ1) is 20.5. The molecule has 9 nitrogen and oxygen atoms in total. The molecule has 1 N–H and O–H groups in total. The van der Waals surface area contributed by atoms with E-state index in [2.05, 4.69) is 10.3 Å². The summed E-state index contributed by atoms with van der Waals surface area (Å²) < 4.78 is 10.2. The predicted octanol–water partition coefficient (Wildman–Crippen LogP) is 5.26. The fraction of sp³-hybridized carbons (Fsp3) is 0.355. The molecule has 0 radical (unpaired) electrons. The Hall–Kier alpha value is -3.60. The molecule has 0 bridgehead atoms. The number of nitrogens with one attached hydrogen (secondary N) is 1. The van der Waals surface area contributed by atoms with E-state index in [-0.39, 0.29) is 13.0 Å². The molecule has 1 fully saturated rings. The third-order valence-corrected chi connectivity index (χ3v) is 9.39. The number of thiazole rings is 1. The molecule has 0 spiro atoms. The number of hydrogen-bond donors (Lipinski definition) is 1. The molecule has 0 aliphatic carbocycles. The summed E-state index contributed by atoms with van der Waals surface area (Å²) in [4.78, 5) is 57.6. The summed E-state index contributed by atoms with van der Waals surface area (Å²) >= 11 is 15.2. The number of nitrogens with zero attached hydrogens (tertiary/aromatic N) is 2. The van der Waals surface area contributed by atoms with E-state index in [1.165, 1.54) is 11.3 Å². The van der Waals surface area contributed by atoms with Crippen molar-refractivity contribution in [2.75, 3.05) is 6.61 Å². The highest BCUT2D eigenvalue weighted by molar-refractivity contribution is 7.12. The molecule has 43 heavy (non-hydrogen) atoms. The Morgan fingerprint density at radius 1 is 1.12 bits per heavy atom. The largest absolute Gasteiger partial charge is 0.463 e. The van der Waals surface area contributed by atoms with E-state index in [4.69, 9.17) is 37.7 Å². The van der Waals surface area contributed by atoms with Gasteiger partial charge in [-0.2, -0.15) is 0 Å². The van der Waals surface area contributed by atoms with Crippen LogP contribution in [0.2, 0.25) is 10.0 Å². The molecule has 2 aliphatic rings. The van der Waals surface area contributed by atoms with E-state index in [0.717, 1.165) is 32.9 Å². The van der Waals surface area contributed by atoms with Crippen molar-refractivity contribution < 1.29 is 28.7 Å². The van der Waals surface area contributed by atoms with Crippen LogP contribution in [0.1, 0.15) is 54.1 Å². The lowest BCUT2D eigenvalue weighted by Crippen LogP contribution is -2.42. The number of carbonyl (C=O) groups is 4. The van der Waals surface area contributed by atoms with Crippen LogP contribution in [0.4, 0.5) is 0 Å². The van der Waals surface area contributed by atoms with Gasteiger partial charge >= 0.3 is 11.9 Å². The van der Waals surface area contributed by atoms with Crippen LogP contribution in [0.3, 0.4) is 0 Å². The summed E-state index contributed by atoms with van der Waals surface area (Å²) in [7, 11) is 0. The molecular formula is C31H29Cl2N3O6S. The Balaban J connectivity index is 1.38. The summed E-state index contributed by atoms with van der Waals surface area (Å²) in [6, 6.07) is 12.7. The highest BCUT2D eigenvalue weighted by atomic mass is 35.5. The minimum Gasteiger partial charge on any atom is -0.463 e. The summed E-state index contributed by atoms with van der Waals surface area (Å²) in [5, 5.41) is 3.95. The van der Waals surface area contributed by atoms with Crippen LogP contribution >= 0.6 is 34.5 Å². The molecular weight excluding hydrogens is 613 g/mol. The lowest BCUT2D eigenvalue weighted by atomic mass is 9.84. The average Bonchev–Trinajstić information content (AvgIpc) is 3.58. The zero-order valence-electron chi connectivity index (χ0n) is 23.5. The van der Waals surface area contributed by atoms with Gasteiger partial charge in [0.25, 0.3) is 11.8 Å². The van der Waals surface area contributed by atoms with Gasteiger partial charge in [0, 0.05) is 37.9 Å². The standard InChI is InChI=1S/C31H29Cl2N3O6S/c1-31(2,26-19(32)14-17(15-20(26)33)8-9-21-28(39)35-24(37)16-34-21)30-36-27(18-6-4-3-5-7-18)23(43-30)10-11-25(38)42-22-12-13-41-29(22)40/h3-7,14-16,21-22H,8-13H2,1-2H3,(H,35,37,39). The fourth-order valence-corrected chi connectivity index (χ4v) is 7.27. The zero-order valence-corrected chi connectivity index (χ0v) is 25.9. The number of ether oxygens (including phenoxy) is 2. The maximum atomic E-state index is 12.6. The number of imide groups is 1. The van der Waals surface area contributed by atoms with Gasteiger partial charge in [0.1, 0.15) is 11.0 Å². The summed E-state index contributed by atoms with van der Waals surface area (Å²) in [6.07, 6.45) is 1.98. The Morgan fingerprint density at radius 2 is 1.84 bits per heavy atom. The molecule has 12 heteroatoms. The van der Waals surface area contributed by atoms with Crippen LogP contribution in [0.15, 0.2) is 47.5 Å². The average molecular weight is 643 g/mol. The van der Waals surface area contributed by atoms with Crippen molar-refractivity contribution in [3.8, 4) is 11.3 Å². The van der Waals surface area contributed by atoms with Crippen LogP contribution in [0, 0.1) is 0 Å². The Morgan fingerprint density at radius 3 is 2.49 bits per heavy atom. The molecule has 3 heterocycles. The van der Waals surface area contributed by atoms with Gasteiger partial charge in [-0.1, -0.05) is 53.5 Å². The Kier molecular flexibility index (Phi) is 9.29. The number of hydrogen-bond acceptors (Lipinski definition) is 9. The number of benzene rings is 2. The van der Waals surface area contributed by atoms with E-state index < -0.39 is 41.3 Å². The van der Waals surface area contributed by atoms with Crippen molar-refractivity contribution in [2.24, 2.45) is 4.99 Å². The van der Waals surface area contributed by atoms with Crippen molar-refractivity contribution in [3.05, 3.63) is 73.5 Å². The molecule has 0 saturated carbocycles. The highest BCUT2D eigenvalue weighted by Gasteiger charge is 2.34. The molecule has 2 amide bonds. The van der Waals surface area contributed by atoms with E-state index in [0.29, 0.717) is 41.3 Å². The van der Waals surface area contributed by atoms with Crippen LogP contribution < -0.4 is 5.32 Å². The molecule has 5 rings (SSSR count). The van der Waals surface area contributed by atoms with E-state index in [1.54, 1.807) is 0 Å². The monoisotopic (exact) mass is 641 g/mol. The zero-order chi connectivity index (χ0) is 30.7. The Bertz CT molecular complexity index is 1580. The van der Waals surface area contributed by atoms with E-state index in [9.17, 15) is 19.2 Å². The molecule has 3 aromatic rings. The second-order valence-corrected chi connectivity index (χ2v) is 12.7. The molecule has 224 valence electrons. The number of carbonyl (C=O) groups excluding carboxylic acids is 4. The number of aryl methyl sites for hydroxylation is 2. The quantitative estimate of drug-likeness (QED) is 0.236. The van der Waals surface area contributed by atoms with Gasteiger partial charge in [0.05, 0.1) is 24.9 Å². The van der Waals surface area contributed by atoms with Crippen molar-refractivity contribution in [1.82, 2.24) is 10.3 Å². The SMILES string of the molecule is CC(C)(c1nc(-c2ccccc2)c(CCC(=O)OC2CCOC2=O)s1)c1c(Cl)cc(CCC2N=CC(=O)NC2=O)cc1Cl. The minimum atomic E-state index is -0.846. The number of esters is 2. The third-order valence-electron chi connectivity index (χ3n) is 7.35. The molecule has 2 atom stereocenters. The molecule has 2 aliphatic heterocycles. The maximum absolute atomic E-state index is 12.6. The van der Waals surface area contributed by atoms with Gasteiger partial charge in [-0.15, -0.1) is 11.3 Å². The topological polar surface area (TPSA) is 124 Å². The van der Waals surface area contributed by atoms with Crippen LogP contribution in [-0.4, -0.2) is 53.7 Å². The maximum Gasteiger partial charge on any atom is 0.347 e. The molecule has 1 saturated heterocycles. The number of amides is 2. The van der Waals surface area contributed by atoms with E-state index >= 15 is 0 Å². The number of aromatic nitrogens is 1. The summed E-state index contributed by atoms with van der Waals surface area (Å²) in [6.45, 7) is 4.24. The third kappa shape index (κ3) is 6.98. The van der Waals surface area contributed by atoms with Gasteiger partial charge in [0.2, 0.25) is 6.10 Å². The van der Waals surface area contributed by atoms with Gasteiger partial charge in [-0.05, 0) is 50.8 Å². The number of cyclic esters (lactones) is 1. The first-order valence-electron chi connectivity index (χ1n) is 13.8. The van der Waals surface area contributed by atoms with Crippen molar-refractivity contribution >= 4 is 64.5 Å². The van der Waals surface area contributed by atoms with Crippen LogP contribution in [-0.2, 0) is 46.9 Å². The fourth-order valence-electron chi connectivity index (χ4n) is 5.07. The highest BCUT2D eigenvalue weighted by Crippen LogP contribution is 2.44. The van der Waals surface area contributed by atoms with Crippen LogP contribution in [0.25, 0.3) is 11.3 Å². The molecule has 2 aromatic carbocycles. The van der Waals surface area contributed by atoms with Crippen molar-refractivity contribution in [3.63, 3.8) is 0 Å². The van der Waals surface area contributed by atoms with Gasteiger partial charge in [0.15, 0.2) is 0 Å². The second kappa shape index (κ2) is 13.0. The number of aliphatic imine (C=N–C) groups is 1. The van der Waals surface area contributed by atoms with E-state index in [1.807, 2.05) is 56.3 Å². The van der Waals surface area contributed by atoms with Crippen molar-refractivity contribution in [1.29, 1.82) is 0 Å². The lowest BCUT2D eigenvalue weighted by Gasteiger charge is -2.26. The normalized spacial score (nSPS) is 18.5. The summed E-state index contributed by atoms with van der Waals surface area (Å²) in [5.41, 5.74) is 2.52. The number of rotatable bonds is 10. The first kappa shape index (κ1) is 30.8. The predicted molar refractivity (Wildman–Crippen MR) is 164 cm³/mol. The molecule has 1 aromatic heterocycles. The lowest BCUT2D eigenvalue weighted by molar-refractivity contribution is -0.160. The molecule has 2 unspecified atom stereocenters. The second-order valence-electron chi connectivity index (χ2n) is 10.8. The van der Waals surface area contributed by atoms with Crippen LogP contribution in [0.5, 0.6) is 0 Å². The minimum absolute atomic E-state index is 0.0824. The smallest absolute Gasteiger partial charge is 0.347 e. The van der Waals surface area contributed by atoms with Gasteiger partial charge < -0.3 is 9.47 Å². The Labute approximate surface area is 262 Å². The van der Waals surface area contributed by atoms with Gasteiger partial charge in [-0.3, -0.25) is 24.7 Å². The van der Waals surface area contributed by atoms with Gasteiger partial charge in [-0.25, -0.2) is 9.78 Å². The number of halogens is 2. The first-order valence-corrected chi connectivity index (χ1v) is 15.4. The summed E-state index contributed by atoms with van der Waals surface area (Å²) in [5.74, 6) is -1.92. The van der Waals surface area contributed by atoms with Crippen molar-refractivity contribution in [2.45, 2.75) is 63.5 Å².